The smallest absolute Gasteiger partial charge is 0.305 e. The number of carbonyl (C=O) groups is 2. The van der Waals surface area contributed by atoms with Crippen molar-refractivity contribution in [1.82, 2.24) is 4.98 Å². The zero-order valence-corrected chi connectivity index (χ0v) is 21.2. The van der Waals surface area contributed by atoms with Gasteiger partial charge in [0.05, 0.1) is 34.6 Å². The lowest BCUT2D eigenvalue weighted by atomic mass is 9.68. The summed E-state index contributed by atoms with van der Waals surface area (Å²) in [6.45, 7) is 0. The van der Waals surface area contributed by atoms with E-state index in [4.69, 9.17) is 4.74 Å². The molecule has 1 N–H and O–H groups in total. The van der Waals surface area contributed by atoms with Crippen molar-refractivity contribution in [1.29, 1.82) is 0 Å². The lowest BCUT2D eigenvalue weighted by Gasteiger charge is -2.43. The summed E-state index contributed by atoms with van der Waals surface area (Å²) < 4.78 is 5.71. The maximum Gasteiger partial charge on any atom is 0.305 e. The van der Waals surface area contributed by atoms with Crippen molar-refractivity contribution >= 4 is 46.3 Å². The Morgan fingerprint density at radius 1 is 1.03 bits per heavy atom. The second-order valence-electron chi connectivity index (χ2n) is 9.99. The number of ether oxygens (including phenoxy) is 1. The van der Waals surface area contributed by atoms with E-state index in [1.807, 2.05) is 24.3 Å². The zero-order valence-electron chi connectivity index (χ0n) is 19.5. The average molecular weight is 536 g/mol. The van der Waals surface area contributed by atoms with Crippen LogP contribution >= 0.6 is 23.1 Å². The fourth-order valence-corrected chi connectivity index (χ4v) is 10.1. The first kappa shape index (κ1) is 22.7. The van der Waals surface area contributed by atoms with E-state index in [1.54, 1.807) is 18.9 Å². The number of hydrogen-bond donors (Lipinski definition) is 1. The number of carbonyl (C=O) groups excluding carboxylic acids is 2. The predicted molar refractivity (Wildman–Crippen MR) is 137 cm³/mol. The van der Waals surface area contributed by atoms with E-state index in [2.05, 4.69) is 4.98 Å². The van der Waals surface area contributed by atoms with Crippen LogP contribution in [0, 0.1) is 39.7 Å². The van der Waals surface area contributed by atoms with Gasteiger partial charge >= 0.3 is 4.87 Å². The number of thioether (sulfide) groups is 1. The summed E-state index contributed by atoms with van der Waals surface area (Å²) in [7, 11) is 1.63. The van der Waals surface area contributed by atoms with Crippen molar-refractivity contribution in [2.24, 2.45) is 29.6 Å². The van der Waals surface area contributed by atoms with Crippen molar-refractivity contribution in [2.45, 2.75) is 22.6 Å². The number of anilines is 1. The fourth-order valence-electron chi connectivity index (χ4n) is 7.27. The quantitative estimate of drug-likeness (QED) is 0.304. The Kier molecular flexibility index (Phi) is 4.93. The highest BCUT2D eigenvalue weighted by Gasteiger charge is 2.69. The number of para-hydroxylation sites is 1. The second-order valence-corrected chi connectivity index (χ2v) is 12.2. The maximum atomic E-state index is 13.8. The molecule has 2 aliphatic carbocycles. The normalized spacial score (nSPS) is 31.3. The van der Waals surface area contributed by atoms with E-state index in [0.717, 1.165) is 27.6 Å². The number of imide groups is 1. The van der Waals surface area contributed by atoms with Crippen LogP contribution in [-0.4, -0.2) is 34.1 Å². The van der Waals surface area contributed by atoms with Crippen LogP contribution in [0.3, 0.4) is 0 Å². The van der Waals surface area contributed by atoms with Gasteiger partial charge in [-0.25, -0.2) is 0 Å². The number of H-pyrrole nitrogens is 1. The molecule has 3 aromatic rings. The van der Waals surface area contributed by atoms with E-state index >= 15 is 0 Å². The van der Waals surface area contributed by atoms with Crippen LogP contribution in [0.2, 0.25) is 0 Å². The van der Waals surface area contributed by atoms with Crippen LogP contribution in [0.15, 0.2) is 58.4 Å². The van der Waals surface area contributed by atoms with Gasteiger partial charge in [0.15, 0.2) is 0 Å². The number of nitro groups is 1. The lowest BCUT2D eigenvalue weighted by Crippen LogP contribution is -2.42. The SMILES string of the molecule is COc1ccccc1C1c2sc(=O)[nH]c2SC2C1[C@H]1C[C@@H]2C2C(=O)N(c3ccc([N+](=O)[O-])cc3)C(=O)C21. The van der Waals surface area contributed by atoms with Crippen molar-refractivity contribution in [3.8, 4) is 5.75 Å². The summed E-state index contributed by atoms with van der Waals surface area (Å²) in [6, 6.07) is 13.4. The van der Waals surface area contributed by atoms with E-state index in [0.29, 0.717) is 5.69 Å². The monoisotopic (exact) mass is 535 g/mol. The molecule has 2 saturated carbocycles. The molecule has 11 heteroatoms. The molecular formula is C26H21N3O6S2. The van der Waals surface area contributed by atoms with Gasteiger partial charge < -0.3 is 9.72 Å². The van der Waals surface area contributed by atoms with Gasteiger partial charge in [0.2, 0.25) is 11.8 Å². The number of fused-ring (bicyclic) bond motifs is 9. The lowest BCUT2D eigenvalue weighted by molar-refractivity contribution is -0.384. The number of methoxy groups -OCH3 is 1. The molecule has 3 heterocycles. The fraction of sp³-hybridized carbons (Fsp3) is 0.346. The largest absolute Gasteiger partial charge is 0.496 e. The van der Waals surface area contributed by atoms with E-state index in [9.17, 15) is 24.5 Å². The predicted octanol–water partition coefficient (Wildman–Crippen LogP) is 4.03. The van der Waals surface area contributed by atoms with Gasteiger partial charge in [-0.1, -0.05) is 29.5 Å². The number of non-ortho nitro benzene ring substituents is 1. The van der Waals surface area contributed by atoms with Crippen molar-refractivity contribution in [3.05, 3.63) is 78.8 Å². The molecule has 1 aromatic heterocycles. The Morgan fingerprint density at radius 3 is 2.43 bits per heavy atom. The molecule has 4 aliphatic rings. The highest BCUT2D eigenvalue weighted by Crippen LogP contribution is 2.69. The standard InChI is InChI=1S/C26H21N3O6S2/c1-35-16-5-3-2-4-13(16)17-18-14-10-15(21(18)36-23-22(17)37-26(32)27-23)20-19(14)24(30)28(25(20)31)11-6-8-12(9-7-11)29(33)34/h2-9,14-15,17-21H,10H2,1H3,(H,27,32)/t14-,15-,17?,18?,19?,20?,21?/m1/s1. The summed E-state index contributed by atoms with van der Waals surface area (Å²) >= 11 is 2.85. The van der Waals surface area contributed by atoms with Crippen molar-refractivity contribution in [2.75, 3.05) is 12.0 Å². The molecular weight excluding hydrogens is 514 g/mol. The minimum absolute atomic E-state index is 0.00161. The van der Waals surface area contributed by atoms with Gasteiger partial charge in [0, 0.05) is 33.7 Å². The third-order valence-electron chi connectivity index (χ3n) is 8.52. The number of nitro benzene ring substituents is 1. The highest BCUT2D eigenvalue weighted by atomic mass is 32.2. The molecule has 3 fully saturated rings. The second kappa shape index (κ2) is 8.03. The van der Waals surface area contributed by atoms with E-state index in [-0.39, 0.29) is 51.3 Å². The molecule has 37 heavy (non-hydrogen) atoms. The number of aromatic amines is 1. The first-order valence-corrected chi connectivity index (χ1v) is 13.7. The summed E-state index contributed by atoms with van der Waals surface area (Å²) in [5, 5.41) is 12.0. The molecule has 2 amide bonds. The minimum atomic E-state index is -0.505. The molecule has 2 aliphatic heterocycles. The zero-order chi connectivity index (χ0) is 25.6. The number of thiazole rings is 1. The molecule has 0 radical (unpaired) electrons. The van der Waals surface area contributed by atoms with Gasteiger partial charge in [-0.3, -0.25) is 29.4 Å². The topological polar surface area (TPSA) is 123 Å². The summed E-state index contributed by atoms with van der Waals surface area (Å²) in [5.74, 6) is -0.652. The number of amides is 2. The number of benzene rings is 2. The van der Waals surface area contributed by atoms with Gasteiger partial charge in [0.1, 0.15) is 5.75 Å². The molecule has 1 saturated heterocycles. The van der Waals surface area contributed by atoms with Gasteiger partial charge in [0.25, 0.3) is 5.69 Å². The maximum absolute atomic E-state index is 13.8. The molecule has 5 unspecified atom stereocenters. The van der Waals surface area contributed by atoms with Crippen LogP contribution in [0.5, 0.6) is 5.75 Å². The van der Waals surface area contributed by atoms with Gasteiger partial charge in [-0.2, -0.15) is 0 Å². The molecule has 2 aromatic carbocycles. The minimum Gasteiger partial charge on any atom is -0.496 e. The highest BCUT2D eigenvalue weighted by molar-refractivity contribution is 8.00. The Labute approximate surface area is 219 Å². The van der Waals surface area contributed by atoms with Crippen LogP contribution in [0.4, 0.5) is 11.4 Å². The Morgan fingerprint density at radius 2 is 1.73 bits per heavy atom. The Bertz CT molecular complexity index is 1530. The number of rotatable bonds is 4. The summed E-state index contributed by atoms with van der Waals surface area (Å²) in [6.07, 6.45) is 0.786. The van der Waals surface area contributed by atoms with Crippen molar-refractivity contribution < 1.29 is 19.2 Å². The summed E-state index contributed by atoms with van der Waals surface area (Å²) in [5.41, 5.74) is 1.27. The van der Waals surface area contributed by atoms with Crippen LogP contribution in [0.25, 0.3) is 0 Å². The van der Waals surface area contributed by atoms with Gasteiger partial charge in [-0.15, -0.1) is 11.8 Å². The number of aromatic nitrogens is 1. The van der Waals surface area contributed by atoms with Crippen LogP contribution in [0.1, 0.15) is 22.8 Å². The molecule has 7 atom stereocenters. The molecule has 9 nitrogen and oxygen atoms in total. The van der Waals surface area contributed by atoms with E-state index < -0.39 is 16.8 Å². The first-order valence-electron chi connectivity index (χ1n) is 12.0. The van der Waals surface area contributed by atoms with Crippen LogP contribution < -0.4 is 14.5 Å². The number of nitrogens with zero attached hydrogens (tertiary/aromatic N) is 2. The third kappa shape index (κ3) is 3.07. The molecule has 188 valence electrons. The van der Waals surface area contributed by atoms with Crippen LogP contribution in [-0.2, 0) is 9.59 Å². The van der Waals surface area contributed by atoms with Gasteiger partial charge in [-0.05, 0) is 42.4 Å². The third-order valence-corrected chi connectivity index (χ3v) is 11.1. The molecule has 0 spiro atoms. The number of nitrogens with one attached hydrogen (secondary N) is 1. The average Bonchev–Trinajstić information content (AvgIpc) is 3.63. The Hall–Kier alpha value is -3.44. The first-order chi connectivity index (χ1) is 17.9. The molecule has 2 bridgehead atoms. The molecule has 7 rings (SSSR count). The van der Waals surface area contributed by atoms with E-state index in [1.165, 1.54) is 40.5 Å². The number of hydrogen-bond acceptors (Lipinski definition) is 8. The summed E-state index contributed by atoms with van der Waals surface area (Å²) in [4.78, 5) is 55.5. The Balaban J connectivity index is 1.31. The van der Waals surface area contributed by atoms with Crippen molar-refractivity contribution in [3.63, 3.8) is 0 Å².